The fraction of sp³-hybridized carbons (Fsp3) is 0.636. The molecule has 1 heterocycles. The lowest BCUT2D eigenvalue weighted by molar-refractivity contribution is -0.155. The summed E-state index contributed by atoms with van der Waals surface area (Å²) in [7, 11) is 0. The van der Waals surface area contributed by atoms with Crippen molar-refractivity contribution < 1.29 is 19.1 Å². The molecule has 16 heavy (non-hydrogen) atoms. The first kappa shape index (κ1) is 12.9. The second-order valence-corrected chi connectivity index (χ2v) is 3.51. The molecule has 1 fully saturated rings. The Hall–Kier alpha value is -1.20. The molecular weight excluding hydrogens is 210 g/mol. The van der Waals surface area contributed by atoms with Crippen molar-refractivity contribution in [1.29, 1.82) is 0 Å². The van der Waals surface area contributed by atoms with E-state index in [0.717, 1.165) is 30.8 Å². The van der Waals surface area contributed by atoms with Gasteiger partial charge in [0, 0.05) is 13.2 Å². The average Bonchev–Trinajstić information content (AvgIpc) is 2.35. The van der Waals surface area contributed by atoms with Gasteiger partial charge in [0.05, 0.1) is 6.61 Å². The van der Waals surface area contributed by atoms with Crippen LogP contribution in [-0.4, -0.2) is 43.8 Å². The molecule has 0 aromatic rings. The van der Waals surface area contributed by atoms with Crippen LogP contribution in [0.5, 0.6) is 0 Å². The smallest absolute Gasteiger partial charge is 0.216 e. The van der Waals surface area contributed by atoms with Gasteiger partial charge in [-0.05, 0) is 19.3 Å². The molecule has 0 aliphatic carbocycles. The quantitative estimate of drug-likeness (QED) is 0.474. The van der Waals surface area contributed by atoms with Gasteiger partial charge in [-0.3, -0.25) is 14.5 Å². The predicted molar refractivity (Wildman–Crippen MR) is 57.5 cm³/mol. The molecule has 90 valence electrons. The number of carbonyl (C=O) groups is 2. The molecule has 1 atom stereocenters. The van der Waals surface area contributed by atoms with E-state index in [9.17, 15) is 9.59 Å². The lowest BCUT2D eigenvalue weighted by Gasteiger charge is -2.21. The standard InChI is InChI=1S/C11H17NO4/c13-9-12(10-14)6-2-4-8-16-11-5-1-3-7-15-11/h2,4,9-11H,1,3,5-8H2/b4-2-. The van der Waals surface area contributed by atoms with Gasteiger partial charge in [-0.2, -0.15) is 0 Å². The third-order valence-electron chi connectivity index (χ3n) is 2.27. The number of nitrogens with zero attached hydrogens (tertiary/aromatic N) is 1. The Kier molecular flexibility index (Phi) is 6.44. The van der Waals surface area contributed by atoms with Crippen molar-refractivity contribution in [2.45, 2.75) is 25.6 Å². The molecule has 1 aliphatic heterocycles. The Morgan fingerprint density at radius 1 is 1.25 bits per heavy atom. The SMILES string of the molecule is O=CN(C=O)C/C=C\COC1CCCCO1. The van der Waals surface area contributed by atoms with Crippen LogP contribution < -0.4 is 0 Å². The monoisotopic (exact) mass is 227 g/mol. The van der Waals surface area contributed by atoms with E-state index in [1.807, 2.05) is 0 Å². The molecule has 1 aliphatic rings. The normalized spacial score (nSPS) is 20.9. The summed E-state index contributed by atoms with van der Waals surface area (Å²) in [6.07, 6.45) is 7.53. The van der Waals surface area contributed by atoms with Crippen molar-refractivity contribution in [2.75, 3.05) is 19.8 Å². The van der Waals surface area contributed by atoms with E-state index in [1.54, 1.807) is 12.2 Å². The van der Waals surface area contributed by atoms with E-state index in [2.05, 4.69) is 0 Å². The van der Waals surface area contributed by atoms with Crippen molar-refractivity contribution in [2.24, 2.45) is 0 Å². The number of rotatable bonds is 7. The number of hydrogen-bond acceptors (Lipinski definition) is 4. The first-order valence-electron chi connectivity index (χ1n) is 5.41. The maximum atomic E-state index is 10.3. The van der Waals surface area contributed by atoms with Crippen LogP contribution in [0.25, 0.3) is 0 Å². The summed E-state index contributed by atoms with van der Waals surface area (Å²) in [4.78, 5) is 21.5. The molecule has 2 amide bonds. The van der Waals surface area contributed by atoms with E-state index >= 15 is 0 Å². The average molecular weight is 227 g/mol. The molecule has 0 spiro atoms. The molecule has 1 saturated heterocycles. The molecule has 1 unspecified atom stereocenters. The Morgan fingerprint density at radius 2 is 2.06 bits per heavy atom. The highest BCUT2D eigenvalue weighted by atomic mass is 16.7. The first-order valence-corrected chi connectivity index (χ1v) is 5.41. The maximum absolute atomic E-state index is 10.3. The van der Waals surface area contributed by atoms with Crippen LogP contribution in [0, 0.1) is 0 Å². The van der Waals surface area contributed by atoms with Crippen LogP contribution in [0.4, 0.5) is 0 Å². The van der Waals surface area contributed by atoms with Gasteiger partial charge in [0.25, 0.3) is 0 Å². The second kappa shape index (κ2) is 8.01. The third kappa shape index (κ3) is 5.04. The van der Waals surface area contributed by atoms with Crippen LogP contribution in [0.2, 0.25) is 0 Å². The van der Waals surface area contributed by atoms with Gasteiger partial charge in [-0.1, -0.05) is 12.2 Å². The zero-order chi connectivity index (χ0) is 11.6. The zero-order valence-electron chi connectivity index (χ0n) is 9.21. The number of hydrogen-bond donors (Lipinski definition) is 0. The fourth-order valence-corrected chi connectivity index (χ4v) is 1.38. The zero-order valence-corrected chi connectivity index (χ0v) is 9.21. The van der Waals surface area contributed by atoms with Gasteiger partial charge in [-0.15, -0.1) is 0 Å². The van der Waals surface area contributed by atoms with Gasteiger partial charge in [0.15, 0.2) is 6.29 Å². The van der Waals surface area contributed by atoms with Gasteiger partial charge in [0.1, 0.15) is 0 Å². The highest BCUT2D eigenvalue weighted by molar-refractivity contribution is 5.68. The van der Waals surface area contributed by atoms with Crippen molar-refractivity contribution in [1.82, 2.24) is 4.90 Å². The summed E-state index contributed by atoms with van der Waals surface area (Å²) in [5.41, 5.74) is 0. The highest BCUT2D eigenvalue weighted by Crippen LogP contribution is 2.13. The molecule has 0 saturated carbocycles. The molecule has 0 bridgehead atoms. The van der Waals surface area contributed by atoms with Crippen LogP contribution in [0.1, 0.15) is 19.3 Å². The van der Waals surface area contributed by atoms with Gasteiger partial charge < -0.3 is 9.47 Å². The summed E-state index contributed by atoms with van der Waals surface area (Å²) in [6, 6.07) is 0. The predicted octanol–water partition coefficient (Wildman–Crippen LogP) is 0.701. The molecule has 1 rings (SSSR count). The second-order valence-electron chi connectivity index (χ2n) is 3.51. The van der Waals surface area contributed by atoms with Crippen molar-refractivity contribution in [3.8, 4) is 0 Å². The number of ether oxygens (including phenoxy) is 2. The largest absolute Gasteiger partial charge is 0.353 e. The van der Waals surface area contributed by atoms with Gasteiger partial charge in [0.2, 0.25) is 12.8 Å². The third-order valence-corrected chi connectivity index (χ3v) is 2.27. The summed E-state index contributed by atoms with van der Waals surface area (Å²) < 4.78 is 10.8. The summed E-state index contributed by atoms with van der Waals surface area (Å²) in [6.45, 7) is 1.48. The van der Waals surface area contributed by atoms with Crippen LogP contribution >= 0.6 is 0 Å². The maximum Gasteiger partial charge on any atom is 0.216 e. The molecular formula is C11H17NO4. The van der Waals surface area contributed by atoms with Crippen molar-refractivity contribution in [3.05, 3.63) is 12.2 Å². The lowest BCUT2D eigenvalue weighted by atomic mass is 10.2. The Balaban J connectivity index is 2.07. The number of carbonyl (C=O) groups excluding carboxylic acids is 2. The minimum Gasteiger partial charge on any atom is -0.353 e. The Labute approximate surface area is 95.0 Å². The molecule has 0 aromatic carbocycles. The molecule has 5 nitrogen and oxygen atoms in total. The Bertz CT molecular complexity index is 228. The van der Waals surface area contributed by atoms with Crippen molar-refractivity contribution >= 4 is 12.8 Å². The topological polar surface area (TPSA) is 55.8 Å². The fourth-order valence-electron chi connectivity index (χ4n) is 1.38. The minimum atomic E-state index is -0.105. The van der Waals surface area contributed by atoms with E-state index in [4.69, 9.17) is 9.47 Å². The highest BCUT2D eigenvalue weighted by Gasteiger charge is 2.12. The van der Waals surface area contributed by atoms with Crippen LogP contribution in [0.15, 0.2) is 12.2 Å². The van der Waals surface area contributed by atoms with Gasteiger partial charge >= 0.3 is 0 Å². The van der Waals surface area contributed by atoms with E-state index in [1.165, 1.54) is 0 Å². The van der Waals surface area contributed by atoms with E-state index < -0.39 is 0 Å². The van der Waals surface area contributed by atoms with Gasteiger partial charge in [-0.25, -0.2) is 0 Å². The van der Waals surface area contributed by atoms with Crippen LogP contribution in [-0.2, 0) is 19.1 Å². The molecule has 0 radical (unpaired) electrons. The molecule has 0 aromatic heterocycles. The lowest BCUT2D eigenvalue weighted by Crippen LogP contribution is -2.22. The Morgan fingerprint density at radius 3 is 2.69 bits per heavy atom. The summed E-state index contributed by atoms with van der Waals surface area (Å²) >= 11 is 0. The first-order chi connectivity index (χ1) is 7.86. The molecule has 0 N–H and O–H groups in total. The van der Waals surface area contributed by atoms with E-state index in [-0.39, 0.29) is 12.8 Å². The molecule has 5 heteroatoms. The van der Waals surface area contributed by atoms with E-state index in [0.29, 0.717) is 19.4 Å². The summed E-state index contributed by atoms with van der Waals surface area (Å²) in [5.74, 6) is 0. The van der Waals surface area contributed by atoms with Crippen molar-refractivity contribution in [3.63, 3.8) is 0 Å². The number of imide groups is 1. The summed E-state index contributed by atoms with van der Waals surface area (Å²) in [5, 5.41) is 0. The minimum absolute atomic E-state index is 0.105. The van der Waals surface area contributed by atoms with Crippen LogP contribution in [0.3, 0.4) is 0 Å². The number of amides is 2.